The molecule has 0 bridgehead atoms. The zero-order valence-corrected chi connectivity index (χ0v) is 15.2. The lowest BCUT2D eigenvalue weighted by Gasteiger charge is -2.24. The van der Waals surface area contributed by atoms with Crippen LogP contribution in [-0.4, -0.2) is 61.1 Å². The van der Waals surface area contributed by atoms with Gasteiger partial charge in [-0.1, -0.05) is 6.92 Å². The molecule has 2 N–H and O–H groups in total. The van der Waals surface area contributed by atoms with Crippen molar-refractivity contribution in [3.8, 4) is 11.5 Å². The Labute approximate surface area is 152 Å². The topological polar surface area (TPSA) is 105 Å². The van der Waals surface area contributed by atoms with Crippen LogP contribution < -0.4 is 14.8 Å². The average molecular weight is 364 g/mol. The van der Waals surface area contributed by atoms with E-state index in [4.69, 9.17) is 14.6 Å². The number of hydrogen-bond donors (Lipinski definition) is 2. The summed E-state index contributed by atoms with van der Waals surface area (Å²) in [5.74, 6) is -1.38. The molecule has 1 aromatic rings. The van der Waals surface area contributed by atoms with Gasteiger partial charge in [0.1, 0.15) is 0 Å². The Morgan fingerprint density at radius 3 is 2.42 bits per heavy atom. The number of carboxylic acids is 1. The summed E-state index contributed by atoms with van der Waals surface area (Å²) in [7, 11) is 2.97. The number of carbonyl (C=O) groups is 3. The van der Waals surface area contributed by atoms with Gasteiger partial charge in [-0.05, 0) is 31.0 Å². The van der Waals surface area contributed by atoms with E-state index >= 15 is 0 Å². The van der Waals surface area contributed by atoms with Crippen molar-refractivity contribution in [1.29, 1.82) is 0 Å². The smallest absolute Gasteiger partial charge is 0.308 e. The third-order valence-corrected chi connectivity index (χ3v) is 4.25. The van der Waals surface area contributed by atoms with Crippen LogP contribution in [0.5, 0.6) is 11.5 Å². The molecule has 0 radical (unpaired) electrons. The van der Waals surface area contributed by atoms with Crippen LogP contribution in [0.25, 0.3) is 0 Å². The van der Waals surface area contributed by atoms with Crippen LogP contribution in [0.15, 0.2) is 18.2 Å². The van der Waals surface area contributed by atoms with Crippen LogP contribution in [0, 0.1) is 5.92 Å². The number of amides is 2. The van der Waals surface area contributed by atoms with Crippen LogP contribution in [0.1, 0.15) is 30.1 Å². The second kappa shape index (κ2) is 8.55. The fourth-order valence-corrected chi connectivity index (χ4v) is 2.55. The number of rotatable bonds is 9. The Morgan fingerprint density at radius 1 is 1.23 bits per heavy atom. The molecule has 1 saturated carbocycles. The van der Waals surface area contributed by atoms with Crippen LogP contribution >= 0.6 is 0 Å². The Kier molecular flexibility index (Phi) is 6.43. The molecule has 26 heavy (non-hydrogen) atoms. The predicted octanol–water partition coefficient (Wildman–Crippen LogP) is 1.15. The van der Waals surface area contributed by atoms with E-state index in [9.17, 15) is 14.4 Å². The van der Waals surface area contributed by atoms with E-state index in [0.717, 1.165) is 12.8 Å². The summed E-state index contributed by atoms with van der Waals surface area (Å²) in [6.45, 7) is 1.52. The van der Waals surface area contributed by atoms with Gasteiger partial charge in [0.15, 0.2) is 11.5 Å². The van der Waals surface area contributed by atoms with Crippen LogP contribution in [0.2, 0.25) is 0 Å². The number of nitrogens with one attached hydrogen (secondary N) is 1. The largest absolute Gasteiger partial charge is 0.493 e. The van der Waals surface area contributed by atoms with Crippen molar-refractivity contribution >= 4 is 17.8 Å². The predicted molar refractivity (Wildman–Crippen MR) is 93.4 cm³/mol. The summed E-state index contributed by atoms with van der Waals surface area (Å²) in [5.41, 5.74) is 0.340. The van der Waals surface area contributed by atoms with E-state index in [1.165, 1.54) is 20.3 Å². The number of carboxylic acid groups (broad SMARTS) is 1. The first-order valence-electron chi connectivity index (χ1n) is 8.39. The molecule has 2 rings (SSSR count). The second-order valence-corrected chi connectivity index (χ2v) is 6.27. The molecule has 0 aliphatic heterocycles. The Morgan fingerprint density at radius 2 is 1.88 bits per heavy atom. The van der Waals surface area contributed by atoms with Crippen molar-refractivity contribution in [3.05, 3.63) is 23.8 Å². The molecule has 0 heterocycles. The van der Waals surface area contributed by atoms with Gasteiger partial charge in [-0.25, -0.2) is 0 Å². The van der Waals surface area contributed by atoms with Crippen molar-refractivity contribution in [2.45, 2.75) is 25.8 Å². The molecule has 0 saturated heterocycles. The lowest BCUT2D eigenvalue weighted by molar-refractivity contribution is -0.143. The van der Waals surface area contributed by atoms with Gasteiger partial charge in [-0.3, -0.25) is 14.4 Å². The molecule has 1 aromatic carbocycles. The van der Waals surface area contributed by atoms with E-state index in [0.29, 0.717) is 17.1 Å². The Balaban J connectivity index is 1.97. The molecule has 1 atom stereocenters. The fraction of sp³-hybridized carbons (Fsp3) is 0.500. The highest BCUT2D eigenvalue weighted by atomic mass is 16.5. The highest BCUT2D eigenvalue weighted by Gasteiger charge is 2.34. The van der Waals surface area contributed by atoms with Crippen LogP contribution in [0.3, 0.4) is 0 Å². The second-order valence-electron chi connectivity index (χ2n) is 6.27. The molecule has 1 fully saturated rings. The molecule has 8 nitrogen and oxygen atoms in total. The first-order chi connectivity index (χ1) is 12.4. The van der Waals surface area contributed by atoms with E-state index in [2.05, 4.69) is 5.32 Å². The zero-order chi connectivity index (χ0) is 19.3. The molecule has 1 aliphatic rings. The van der Waals surface area contributed by atoms with Crippen LogP contribution in [0.4, 0.5) is 0 Å². The molecule has 142 valence electrons. The number of nitrogens with zero attached hydrogens (tertiary/aromatic N) is 1. The van der Waals surface area contributed by atoms with Crippen molar-refractivity contribution in [1.82, 2.24) is 10.2 Å². The van der Waals surface area contributed by atoms with Gasteiger partial charge < -0.3 is 24.8 Å². The van der Waals surface area contributed by atoms with Crippen LogP contribution in [-0.2, 0) is 9.59 Å². The number of methoxy groups -OCH3 is 2. The minimum Gasteiger partial charge on any atom is -0.493 e. The first kappa shape index (κ1) is 19.6. The molecule has 1 unspecified atom stereocenters. The lowest BCUT2D eigenvalue weighted by Crippen LogP contribution is -2.44. The van der Waals surface area contributed by atoms with E-state index in [1.54, 1.807) is 24.0 Å². The maximum Gasteiger partial charge on any atom is 0.308 e. The van der Waals surface area contributed by atoms with Gasteiger partial charge in [0.2, 0.25) is 5.91 Å². The third-order valence-electron chi connectivity index (χ3n) is 4.25. The van der Waals surface area contributed by atoms with Gasteiger partial charge in [-0.2, -0.15) is 0 Å². The highest BCUT2D eigenvalue weighted by molar-refractivity contribution is 5.97. The summed E-state index contributed by atoms with van der Waals surface area (Å²) in [4.78, 5) is 37.3. The minimum atomic E-state index is -0.946. The van der Waals surface area contributed by atoms with E-state index < -0.39 is 17.8 Å². The summed E-state index contributed by atoms with van der Waals surface area (Å²) in [6, 6.07) is 4.79. The Bertz CT molecular complexity index is 686. The van der Waals surface area contributed by atoms with Gasteiger partial charge >= 0.3 is 5.97 Å². The van der Waals surface area contributed by atoms with Crippen molar-refractivity contribution in [3.63, 3.8) is 0 Å². The van der Waals surface area contributed by atoms with Crippen molar-refractivity contribution < 1.29 is 29.0 Å². The van der Waals surface area contributed by atoms with Gasteiger partial charge in [-0.15, -0.1) is 0 Å². The number of ether oxygens (including phenoxy) is 2. The molecular weight excluding hydrogens is 340 g/mol. The first-order valence-corrected chi connectivity index (χ1v) is 8.39. The summed E-state index contributed by atoms with van der Waals surface area (Å²) in [6.07, 6.45) is 1.73. The van der Waals surface area contributed by atoms with Gasteiger partial charge in [0.05, 0.1) is 26.7 Å². The van der Waals surface area contributed by atoms with E-state index in [-0.39, 0.29) is 25.0 Å². The minimum absolute atomic E-state index is 0.0716. The van der Waals surface area contributed by atoms with Crippen molar-refractivity contribution in [2.75, 3.05) is 27.3 Å². The fourth-order valence-electron chi connectivity index (χ4n) is 2.55. The van der Waals surface area contributed by atoms with Crippen molar-refractivity contribution in [2.24, 2.45) is 5.92 Å². The molecule has 0 aromatic heterocycles. The number of carbonyl (C=O) groups excluding carboxylic acids is 2. The summed E-state index contributed by atoms with van der Waals surface area (Å²) in [5, 5.41) is 11.6. The number of hydrogen-bond acceptors (Lipinski definition) is 5. The number of aliphatic carboxylic acids is 1. The zero-order valence-electron chi connectivity index (χ0n) is 15.2. The van der Waals surface area contributed by atoms with Gasteiger partial charge in [0.25, 0.3) is 5.91 Å². The maximum absolute atomic E-state index is 12.4. The van der Waals surface area contributed by atoms with E-state index in [1.807, 2.05) is 0 Å². The normalized spacial score (nSPS) is 14.3. The molecular formula is C18H24N2O6. The maximum atomic E-state index is 12.4. The average Bonchev–Trinajstić information content (AvgIpc) is 3.47. The molecule has 8 heteroatoms. The lowest BCUT2D eigenvalue weighted by atomic mass is 10.1. The molecule has 0 spiro atoms. The summed E-state index contributed by atoms with van der Waals surface area (Å²) >= 11 is 0. The standard InChI is InChI=1S/C18H24N2O6/c1-11(18(23)24)10-20(13-5-6-13)16(21)9-19-17(22)12-4-7-14(25-2)15(8-12)26-3/h4,7-8,11,13H,5-6,9-10H2,1-3H3,(H,19,22)(H,23,24). The number of benzene rings is 1. The molecule has 1 aliphatic carbocycles. The SMILES string of the molecule is COc1ccc(C(=O)NCC(=O)N(CC(C)C(=O)O)C2CC2)cc1OC. The summed E-state index contributed by atoms with van der Waals surface area (Å²) < 4.78 is 10.3. The van der Waals surface area contributed by atoms with Gasteiger partial charge in [0, 0.05) is 18.2 Å². The third kappa shape index (κ3) is 4.87. The quantitative estimate of drug-likeness (QED) is 0.681. The monoisotopic (exact) mass is 364 g/mol. The highest BCUT2D eigenvalue weighted by Crippen LogP contribution is 2.28. The Hall–Kier alpha value is -2.77. The molecule has 2 amide bonds.